The van der Waals surface area contributed by atoms with Gasteiger partial charge in [0.05, 0.1) is 16.4 Å². The molecule has 238 valence electrons. The number of anilines is 4. The first-order chi connectivity index (χ1) is 23.3. The normalized spacial score (nSPS) is 11.4. The van der Waals surface area contributed by atoms with Gasteiger partial charge in [-0.2, -0.15) is 0 Å². The summed E-state index contributed by atoms with van der Waals surface area (Å²) in [4.78, 5) is 11.2. The van der Waals surface area contributed by atoms with E-state index in [1.54, 1.807) is 6.20 Å². The summed E-state index contributed by atoms with van der Waals surface area (Å²) in [6, 6.07) is 44.2. The standard InChI is InChI=1S/C41H35ClN4O2/c1-41(2,3)30-25-35(44-31-18-16-29(17-19-31)40-45-34-13-7-8-14-37(34)48-40)39(42)36(26-30)46(27-28-11-5-4-6-12-28)32-20-22-33(23-21-32)47-38-15-9-10-24-43-38/h4-26,44H,27H2,1-3H3. The van der Waals surface area contributed by atoms with E-state index < -0.39 is 0 Å². The zero-order valence-corrected chi connectivity index (χ0v) is 27.8. The van der Waals surface area contributed by atoms with E-state index in [9.17, 15) is 0 Å². The lowest BCUT2D eigenvalue weighted by Crippen LogP contribution is -2.19. The monoisotopic (exact) mass is 650 g/mol. The number of rotatable bonds is 9. The van der Waals surface area contributed by atoms with Gasteiger partial charge < -0.3 is 19.4 Å². The van der Waals surface area contributed by atoms with Gasteiger partial charge in [0.1, 0.15) is 11.3 Å². The number of pyridine rings is 1. The maximum absolute atomic E-state index is 7.34. The number of hydrogen-bond acceptors (Lipinski definition) is 6. The van der Waals surface area contributed by atoms with E-state index in [-0.39, 0.29) is 5.41 Å². The quantitative estimate of drug-likeness (QED) is 0.168. The van der Waals surface area contributed by atoms with Gasteiger partial charge >= 0.3 is 0 Å². The molecular weight excluding hydrogens is 616 g/mol. The molecule has 6 nitrogen and oxygen atoms in total. The summed E-state index contributed by atoms with van der Waals surface area (Å²) in [7, 11) is 0. The molecule has 0 spiro atoms. The van der Waals surface area contributed by atoms with Gasteiger partial charge in [0.15, 0.2) is 5.58 Å². The zero-order chi connectivity index (χ0) is 33.1. The number of benzene rings is 5. The predicted molar refractivity (Wildman–Crippen MR) is 196 cm³/mol. The Hall–Kier alpha value is -5.59. The molecule has 2 aromatic heterocycles. The van der Waals surface area contributed by atoms with E-state index >= 15 is 0 Å². The summed E-state index contributed by atoms with van der Waals surface area (Å²) in [5.41, 5.74) is 8.29. The second-order valence-electron chi connectivity index (χ2n) is 12.6. The highest BCUT2D eigenvalue weighted by molar-refractivity contribution is 6.36. The molecule has 0 aliphatic carbocycles. The third kappa shape index (κ3) is 6.89. The van der Waals surface area contributed by atoms with Crippen molar-refractivity contribution >= 4 is 45.5 Å². The van der Waals surface area contributed by atoms with Crippen LogP contribution in [0.4, 0.5) is 22.7 Å². The van der Waals surface area contributed by atoms with E-state index in [1.165, 1.54) is 0 Å². The Bertz CT molecular complexity index is 2110. The number of fused-ring (bicyclic) bond motifs is 1. The topological polar surface area (TPSA) is 63.4 Å². The van der Waals surface area contributed by atoms with Crippen molar-refractivity contribution in [3.8, 4) is 23.1 Å². The maximum Gasteiger partial charge on any atom is 0.227 e. The molecule has 7 aromatic rings. The molecule has 0 fully saturated rings. The Kier molecular flexibility index (Phi) is 8.57. The van der Waals surface area contributed by atoms with Crippen LogP contribution in [0, 0.1) is 0 Å². The van der Waals surface area contributed by atoms with Crippen LogP contribution in [0.25, 0.3) is 22.6 Å². The smallest absolute Gasteiger partial charge is 0.227 e. The Morgan fingerprint density at radius 1 is 0.792 bits per heavy atom. The third-order valence-corrected chi connectivity index (χ3v) is 8.50. The van der Waals surface area contributed by atoms with Gasteiger partial charge in [-0.3, -0.25) is 0 Å². The molecule has 7 rings (SSSR count). The Balaban J connectivity index is 1.24. The van der Waals surface area contributed by atoms with E-state index in [1.807, 2.05) is 84.9 Å². The number of halogens is 1. The van der Waals surface area contributed by atoms with E-state index in [4.69, 9.17) is 20.8 Å². The molecule has 0 saturated carbocycles. The molecule has 5 aromatic carbocycles. The van der Waals surface area contributed by atoms with Crippen LogP contribution in [0.5, 0.6) is 11.6 Å². The van der Waals surface area contributed by atoms with Crippen LogP contribution in [0.1, 0.15) is 31.9 Å². The Labute approximate surface area is 285 Å². The SMILES string of the molecule is CC(C)(C)c1cc(Nc2ccc(-c3nc4ccccc4o3)cc2)c(Cl)c(N(Cc2ccccc2)c2ccc(Oc3ccccn3)cc2)c1. The van der Waals surface area contributed by atoms with Crippen molar-refractivity contribution in [1.82, 2.24) is 9.97 Å². The minimum atomic E-state index is -0.134. The second kappa shape index (κ2) is 13.3. The van der Waals surface area contributed by atoms with Crippen molar-refractivity contribution in [2.24, 2.45) is 0 Å². The van der Waals surface area contributed by atoms with Crippen LogP contribution in [0.15, 0.2) is 144 Å². The summed E-state index contributed by atoms with van der Waals surface area (Å²) in [5, 5.41) is 4.22. The summed E-state index contributed by atoms with van der Waals surface area (Å²) < 4.78 is 12.0. The van der Waals surface area contributed by atoms with Gasteiger partial charge in [-0.25, -0.2) is 9.97 Å². The van der Waals surface area contributed by atoms with E-state index in [0.29, 0.717) is 29.1 Å². The second-order valence-corrected chi connectivity index (χ2v) is 13.0. The van der Waals surface area contributed by atoms with Gasteiger partial charge in [-0.15, -0.1) is 0 Å². The predicted octanol–water partition coefficient (Wildman–Crippen LogP) is 11.7. The molecule has 0 saturated heterocycles. The molecule has 0 aliphatic rings. The lowest BCUT2D eigenvalue weighted by Gasteiger charge is -2.30. The van der Waals surface area contributed by atoms with Crippen molar-refractivity contribution < 1.29 is 9.15 Å². The minimum Gasteiger partial charge on any atom is -0.439 e. The van der Waals surface area contributed by atoms with Crippen molar-refractivity contribution in [1.29, 1.82) is 0 Å². The van der Waals surface area contributed by atoms with Gasteiger partial charge in [0, 0.05) is 35.7 Å². The zero-order valence-electron chi connectivity index (χ0n) is 27.0. The van der Waals surface area contributed by atoms with Gasteiger partial charge in [0.25, 0.3) is 0 Å². The Morgan fingerprint density at radius 2 is 1.52 bits per heavy atom. The van der Waals surface area contributed by atoms with Crippen LogP contribution >= 0.6 is 11.6 Å². The fourth-order valence-electron chi connectivity index (χ4n) is 5.48. The van der Waals surface area contributed by atoms with Gasteiger partial charge in [0.2, 0.25) is 11.8 Å². The van der Waals surface area contributed by atoms with Crippen molar-refractivity contribution in [2.45, 2.75) is 32.7 Å². The average molecular weight is 651 g/mol. The first-order valence-electron chi connectivity index (χ1n) is 15.9. The van der Waals surface area contributed by atoms with Crippen LogP contribution in [0.2, 0.25) is 5.02 Å². The number of nitrogens with zero attached hydrogens (tertiary/aromatic N) is 3. The first kappa shape index (κ1) is 31.0. The number of hydrogen-bond donors (Lipinski definition) is 1. The summed E-state index contributed by atoms with van der Waals surface area (Å²) >= 11 is 7.34. The number of oxazole rings is 1. The fraction of sp³-hybridized carbons (Fsp3) is 0.122. The summed E-state index contributed by atoms with van der Waals surface area (Å²) in [5.74, 6) is 1.84. The lowest BCUT2D eigenvalue weighted by atomic mass is 9.86. The molecule has 1 N–H and O–H groups in total. The van der Waals surface area contributed by atoms with Crippen molar-refractivity contribution in [3.63, 3.8) is 0 Å². The molecular formula is C41H35ClN4O2. The molecule has 48 heavy (non-hydrogen) atoms. The minimum absolute atomic E-state index is 0.134. The van der Waals surface area contributed by atoms with Gasteiger partial charge in [-0.1, -0.05) is 80.9 Å². The van der Waals surface area contributed by atoms with Crippen molar-refractivity contribution in [2.75, 3.05) is 10.2 Å². The van der Waals surface area contributed by atoms with E-state index in [0.717, 1.165) is 50.5 Å². The maximum atomic E-state index is 7.34. The number of para-hydroxylation sites is 2. The lowest BCUT2D eigenvalue weighted by molar-refractivity contribution is 0.463. The van der Waals surface area contributed by atoms with Gasteiger partial charge in [-0.05, 0) is 95.4 Å². The largest absolute Gasteiger partial charge is 0.439 e. The molecule has 0 radical (unpaired) electrons. The van der Waals surface area contributed by atoms with Crippen LogP contribution in [-0.4, -0.2) is 9.97 Å². The molecule has 0 bridgehead atoms. The molecule has 0 amide bonds. The molecule has 0 aliphatic heterocycles. The first-order valence-corrected chi connectivity index (χ1v) is 16.3. The molecule has 7 heteroatoms. The van der Waals surface area contributed by atoms with Crippen LogP contribution < -0.4 is 15.0 Å². The Morgan fingerprint density at radius 3 is 2.23 bits per heavy atom. The van der Waals surface area contributed by atoms with Crippen LogP contribution in [-0.2, 0) is 12.0 Å². The summed E-state index contributed by atoms with van der Waals surface area (Å²) in [6.07, 6.45) is 1.72. The van der Waals surface area contributed by atoms with Crippen molar-refractivity contribution in [3.05, 3.63) is 156 Å². The highest BCUT2D eigenvalue weighted by atomic mass is 35.5. The van der Waals surface area contributed by atoms with Crippen LogP contribution in [0.3, 0.4) is 0 Å². The fourth-order valence-corrected chi connectivity index (χ4v) is 5.74. The summed E-state index contributed by atoms with van der Waals surface area (Å²) in [6.45, 7) is 7.26. The highest BCUT2D eigenvalue weighted by Gasteiger charge is 2.23. The number of aromatic nitrogens is 2. The average Bonchev–Trinajstić information content (AvgIpc) is 3.54. The van der Waals surface area contributed by atoms with E-state index in [2.05, 4.69) is 89.5 Å². The third-order valence-electron chi connectivity index (χ3n) is 8.11. The number of nitrogens with one attached hydrogen (secondary N) is 1. The number of ether oxygens (including phenoxy) is 1. The highest BCUT2D eigenvalue weighted by Crippen LogP contribution is 2.43. The molecule has 0 atom stereocenters. The molecule has 0 unspecified atom stereocenters. The molecule has 2 heterocycles.